The topological polar surface area (TPSA) is 46.2 Å². The third-order valence-electron chi connectivity index (χ3n) is 2.17. The summed E-state index contributed by atoms with van der Waals surface area (Å²) in [5.41, 5.74) is -8.47. The van der Waals surface area contributed by atoms with Gasteiger partial charge in [0.2, 0.25) is 0 Å². The second kappa shape index (κ2) is 5.20. The van der Waals surface area contributed by atoms with E-state index in [9.17, 15) is 39.2 Å². The van der Waals surface area contributed by atoms with Crippen molar-refractivity contribution in [3.63, 3.8) is 0 Å². The first kappa shape index (κ1) is 16.7. The third-order valence-corrected chi connectivity index (χ3v) is 3.30. The van der Waals surface area contributed by atoms with Gasteiger partial charge in [0.25, 0.3) is 0 Å². The Balaban J connectivity index is 3.12. The molecular formula is C9H6F7NO2S. The fourth-order valence-corrected chi connectivity index (χ4v) is 1.75. The first-order valence-corrected chi connectivity index (χ1v) is 6.25. The number of alkyl halides is 6. The summed E-state index contributed by atoms with van der Waals surface area (Å²) in [7, 11) is -5.86. The number of rotatable bonds is 3. The van der Waals surface area contributed by atoms with Gasteiger partial charge in [0, 0.05) is 12.1 Å². The second-order valence-electron chi connectivity index (χ2n) is 3.53. The summed E-state index contributed by atoms with van der Waals surface area (Å²) >= 11 is 0. The van der Waals surface area contributed by atoms with Crippen LogP contribution in [0.25, 0.3) is 0 Å². The van der Waals surface area contributed by atoms with Crippen molar-refractivity contribution < 1.29 is 39.2 Å². The summed E-state index contributed by atoms with van der Waals surface area (Å²) < 4.78 is 109. The highest BCUT2D eigenvalue weighted by Gasteiger charge is 2.46. The van der Waals surface area contributed by atoms with Gasteiger partial charge in [-0.1, -0.05) is 6.07 Å². The number of benzene rings is 1. The van der Waals surface area contributed by atoms with E-state index in [1.165, 1.54) is 0 Å². The van der Waals surface area contributed by atoms with Gasteiger partial charge in [0.1, 0.15) is 5.82 Å². The lowest BCUT2D eigenvalue weighted by molar-refractivity contribution is -0.138. The Bertz CT molecular complexity index is 591. The van der Waals surface area contributed by atoms with Crippen molar-refractivity contribution in [3.05, 3.63) is 35.1 Å². The van der Waals surface area contributed by atoms with Gasteiger partial charge in [0.05, 0.1) is 5.56 Å². The summed E-state index contributed by atoms with van der Waals surface area (Å²) in [4.78, 5) is 0. The van der Waals surface area contributed by atoms with Gasteiger partial charge in [-0.25, -0.2) is 17.5 Å². The molecule has 20 heavy (non-hydrogen) atoms. The van der Waals surface area contributed by atoms with Gasteiger partial charge < -0.3 is 0 Å². The monoisotopic (exact) mass is 325 g/mol. The van der Waals surface area contributed by atoms with Crippen molar-refractivity contribution in [2.45, 2.75) is 18.2 Å². The van der Waals surface area contributed by atoms with Crippen molar-refractivity contribution in [2.24, 2.45) is 0 Å². The molecule has 1 aromatic carbocycles. The Morgan fingerprint density at radius 2 is 1.60 bits per heavy atom. The van der Waals surface area contributed by atoms with Crippen LogP contribution in [0.4, 0.5) is 30.7 Å². The Labute approximate surface area is 108 Å². The SMILES string of the molecule is O=S(=O)(NCc1c(F)cccc1C(F)(F)F)C(F)(F)F. The zero-order chi connectivity index (χ0) is 15.8. The van der Waals surface area contributed by atoms with Crippen LogP contribution in [0.2, 0.25) is 0 Å². The molecule has 0 saturated heterocycles. The average Bonchev–Trinajstić information content (AvgIpc) is 2.24. The maximum Gasteiger partial charge on any atom is 0.511 e. The van der Waals surface area contributed by atoms with E-state index >= 15 is 0 Å². The molecule has 0 heterocycles. The molecule has 3 nitrogen and oxygen atoms in total. The van der Waals surface area contributed by atoms with Crippen molar-refractivity contribution >= 4 is 10.0 Å². The van der Waals surface area contributed by atoms with Crippen molar-refractivity contribution in [3.8, 4) is 0 Å². The number of sulfonamides is 1. The quantitative estimate of drug-likeness (QED) is 0.869. The fourth-order valence-electron chi connectivity index (χ4n) is 1.25. The van der Waals surface area contributed by atoms with Gasteiger partial charge >= 0.3 is 21.7 Å². The molecule has 0 bridgehead atoms. The molecule has 0 saturated carbocycles. The molecule has 1 aromatic rings. The molecule has 0 spiro atoms. The Hall–Kier alpha value is -1.36. The molecule has 0 unspecified atom stereocenters. The molecule has 0 amide bonds. The average molecular weight is 325 g/mol. The number of nitrogens with one attached hydrogen (secondary N) is 1. The van der Waals surface area contributed by atoms with Crippen LogP contribution in [0.1, 0.15) is 11.1 Å². The van der Waals surface area contributed by atoms with Crippen LogP contribution in [-0.2, 0) is 22.7 Å². The highest BCUT2D eigenvalue weighted by atomic mass is 32.2. The highest BCUT2D eigenvalue weighted by Crippen LogP contribution is 2.33. The van der Waals surface area contributed by atoms with E-state index in [1.54, 1.807) is 0 Å². The second-order valence-corrected chi connectivity index (χ2v) is 5.29. The van der Waals surface area contributed by atoms with Crippen LogP contribution >= 0.6 is 0 Å². The maximum atomic E-state index is 13.2. The minimum atomic E-state index is -5.86. The Morgan fingerprint density at radius 1 is 1.05 bits per heavy atom. The summed E-state index contributed by atoms with van der Waals surface area (Å²) in [6.45, 7) is -1.47. The van der Waals surface area contributed by atoms with Crippen LogP contribution in [0, 0.1) is 5.82 Å². The minimum absolute atomic E-state index is 0.431. The zero-order valence-electron chi connectivity index (χ0n) is 9.31. The van der Waals surface area contributed by atoms with E-state index in [0.717, 1.165) is 4.72 Å². The van der Waals surface area contributed by atoms with Crippen molar-refractivity contribution in [1.29, 1.82) is 0 Å². The van der Waals surface area contributed by atoms with E-state index in [2.05, 4.69) is 0 Å². The lowest BCUT2D eigenvalue weighted by Crippen LogP contribution is -2.36. The van der Waals surface area contributed by atoms with E-state index in [0.29, 0.717) is 18.2 Å². The molecule has 1 rings (SSSR count). The van der Waals surface area contributed by atoms with E-state index in [4.69, 9.17) is 0 Å². The third kappa shape index (κ3) is 3.60. The summed E-state index contributed by atoms with van der Waals surface area (Å²) in [6, 6.07) is 1.71. The number of halogens is 7. The normalized spacial score (nSPS) is 13.6. The summed E-state index contributed by atoms with van der Waals surface area (Å²) in [6.07, 6.45) is -5.03. The molecule has 0 aliphatic rings. The lowest BCUT2D eigenvalue weighted by Gasteiger charge is -2.15. The smallest absolute Gasteiger partial charge is 0.207 e. The molecule has 1 N–H and O–H groups in total. The van der Waals surface area contributed by atoms with E-state index in [-0.39, 0.29) is 0 Å². The fraction of sp³-hybridized carbons (Fsp3) is 0.333. The summed E-state index contributed by atoms with van der Waals surface area (Å²) in [5.74, 6) is -1.47. The van der Waals surface area contributed by atoms with E-state index in [1.807, 2.05) is 0 Å². The molecule has 0 aliphatic heterocycles. The van der Waals surface area contributed by atoms with Crippen LogP contribution < -0.4 is 4.72 Å². The molecule has 11 heteroatoms. The van der Waals surface area contributed by atoms with Gasteiger partial charge in [-0.2, -0.15) is 26.3 Å². The van der Waals surface area contributed by atoms with Crippen molar-refractivity contribution in [1.82, 2.24) is 4.72 Å². The van der Waals surface area contributed by atoms with Crippen LogP contribution in [0.5, 0.6) is 0 Å². The highest BCUT2D eigenvalue weighted by molar-refractivity contribution is 7.90. The van der Waals surface area contributed by atoms with Gasteiger partial charge in [-0.05, 0) is 12.1 Å². The van der Waals surface area contributed by atoms with Gasteiger partial charge in [-0.15, -0.1) is 0 Å². The molecule has 0 aliphatic carbocycles. The molecule has 0 aromatic heterocycles. The molecule has 0 atom stereocenters. The lowest BCUT2D eigenvalue weighted by atomic mass is 10.1. The number of hydrogen-bond donors (Lipinski definition) is 1. The molecule has 0 fully saturated rings. The largest absolute Gasteiger partial charge is 0.511 e. The Morgan fingerprint density at radius 3 is 2.05 bits per heavy atom. The van der Waals surface area contributed by atoms with Crippen LogP contribution in [0.15, 0.2) is 18.2 Å². The Kier molecular flexibility index (Phi) is 4.34. The van der Waals surface area contributed by atoms with Crippen LogP contribution in [0.3, 0.4) is 0 Å². The van der Waals surface area contributed by atoms with Gasteiger partial charge in [0.15, 0.2) is 0 Å². The predicted octanol–water partition coefficient (Wildman–Crippen LogP) is 2.78. The van der Waals surface area contributed by atoms with E-state index < -0.39 is 45.2 Å². The van der Waals surface area contributed by atoms with Gasteiger partial charge in [-0.3, -0.25) is 0 Å². The number of hydrogen-bond acceptors (Lipinski definition) is 2. The minimum Gasteiger partial charge on any atom is -0.207 e. The molecule has 114 valence electrons. The molecule has 0 radical (unpaired) electrons. The summed E-state index contributed by atoms with van der Waals surface area (Å²) in [5, 5.41) is 0. The molecular weight excluding hydrogens is 319 g/mol. The maximum absolute atomic E-state index is 13.2. The van der Waals surface area contributed by atoms with Crippen molar-refractivity contribution in [2.75, 3.05) is 0 Å². The van der Waals surface area contributed by atoms with Crippen LogP contribution in [-0.4, -0.2) is 13.9 Å². The predicted molar refractivity (Wildman–Crippen MR) is 53.2 cm³/mol. The standard InChI is InChI=1S/C9H6F7NO2S/c10-7-3-1-2-6(8(11,12)13)5(7)4-17-20(18,19)9(14,15)16/h1-3,17H,4H2. The first-order chi connectivity index (χ1) is 8.86. The zero-order valence-corrected chi connectivity index (χ0v) is 10.1. The first-order valence-electron chi connectivity index (χ1n) is 4.77.